The predicted octanol–water partition coefficient (Wildman–Crippen LogP) is 5.59. The summed E-state index contributed by atoms with van der Waals surface area (Å²) in [5, 5.41) is 14.3. The standard InChI is InChI=1S/C26H19FN4O4S2/c1-2-9-35-22-8-5-16(12-18(22)27)25(32)17(10-14-3-6-20-23(11-14)36-31-28-20)24(26(33)34)15-4-7-19-21(13-15)30-37-29-19/h3-8,11-13H,2,9-10H2,1H3,(H,33,34). The predicted molar refractivity (Wildman–Crippen MR) is 140 cm³/mol. The Hall–Kier alpha value is -4.09. The molecule has 0 unspecified atom stereocenters. The first kappa shape index (κ1) is 24.6. The fraction of sp³-hybridized carbons (Fsp3) is 0.154. The van der Waals surface area contributed by atoms with Crippen molar-refractivity contribution in [2.24, 2.45) is 0 Å². The SMILES string of the molecule is CCCOc1ccc(C(=O)C(Cc2ccc3nnsc3c2)=C(C(=O)O)c2ccc3nsnc3c2)cc1F. The molecule has 1 N–H and O–H groups in total. The van der Waals surface area contributed by atoms with Gasteiger partial charge in [0.05, 0.1) is 28.6 Å². The van der Waals surface area contributed by atoms with Gasteiger partial charge in [-0.2, -0.15) is 8.75 Å². The van der Waals surface area contributed by atoms with Crippen molar-refractivity contribution < 1.29 is 23.8 Å². The summed E-state index contributed by atoms with van der Waals surface area (Å²) in [5.41, 5.74) is 2.69. The second kappa shape index (κ2) is 10.5. The number of aliphatic carboxylic acids is 1. The summed E-state index contributed by atoms with van der Waals surface area (Å²) >= 11 is 2.21. The zero-order valence-electron chi connectivity index (χ0n) is 19.5. The molecule has 0 aliphatic heterocycles. The number of ketones is 1. The second-order valence-corrected chi connectivity index (χ2v) is 9.52. The van der Waals surface area contributed by atoms with Crippen molar-refractivity contribution in [3.8, 4) is 5.75 Å². The van der Waals surface area contributed by atoms with Gasteiger partial charge in [0.25, 0.3) is 0 Å². The molecule has 0 aliphatic rings. The Balaban J connectivity index is 1.65. The van der Waals surface area contributed by atoms with E-state index in [1.165, 1.54) is 23.7 Å². The number of carbonyl (C=O) groups is 2. The Bertz CT molecular complexity index is 1680. The normalized spacial score (nSPS) is 12.1. The summed E-state index contributed by atoms with van der Waals surface area (Å²) < 4.78 is 33.2. The number of Topliss-reactive ketones (excluding diaryl/α,β-unsaturated/α-hetero) is 1. The summed E-state index contributed by atoms with van der Waals surface area (Å²) in [5.74, 6) is -2.54. The van der Waals surface area contributed by atoms with Gasteiger partial charge in [-0.3, -0.25) is 4.79 Å². The molecule has 0 amide bonds. The molecule has 0 saturated heterocycles. The third-order valence-corrected chi connectivity index (χ3v) is 6.92. The highest BCUT2D eigenvalue weighted by Crippen LogP contribution is 2.30. The van der Waals surface area contributed by atoms with E-state index in [0.29, 0.717) is 40.7 Å². The molecule has 0 aliphatic carbocycles. The lowest BCUT2D eigenvalue weighted by molar-refractivity contribution is -0.130. The van der Waals surface area contributed by atoms with Crippen LogP contribution in [0.25, 0.3) is 26.8 Å². The van der Waals surface area contributed by atoms with E-state index < -0.39 is 17.6 Å². The van der Waals surface area contributed by atoms with Crippen LogP contribution >= 0.6 is 23.3 Å². The number of hydrogen-bond acceptors (Lipinski definition) is 9. The Morgan fingerprint density at radius 1 is 0.973 bits per heavy atom. The minimum atomic E-state index is -1.28. The van der Waals surface area contributed by atoms with E-state index in [2.05, 4.69) is 18.3 Å². The number of benzene rings is 3. The van der Waals surface area contributed by atoms with Gasteiger partial charge in [-0.1, -0.05) is 23.5 Å². The van der Waals surface area contributed by atoms with Gasteiger partial charge >= 0.3 is 5.97 Å². The van der Waals surface area contributed by atoms with E-state index >= 15 is 0 Å². The van der Waals surface area contributed by atoms with E-state index in [1.807, 2.05) is 13.0 Å². The largest absolute Gasteiger partial charge is 0.491 e. The molecule has 186 valence electrons. The van der Waals surface area contributed by atoms with Crippen molar-refractivity contribution in [2.45, 2.75) is 19.8 Å². The summed E-state index contributed by atoms with van der Waals surface area (Å²) in [7, 11) is 0. The zero-order chi connectivity index (χ0) is 25.9. The maximum Gasteiger partial charge on any atom is 0.336 e. The highest BCUT2D eigenvalue weighted by molar-refractivity contribution is 7.12. The molecule has 0 saturated carbocycles. The second-order valence-electron chi connectivity index (χ2n) is 8.20. The summed E-state index contributed by atoms with van der Waals surface area (Å²) in [6, 6.07) is 14.1. The fourth-order valence-electron chi connectivity index (χ4n) is 3.93. The van der Waals surface area contributed by atoms with Crippen molar-refractivity contribution in [1.82, 2.24) is 18.3 Å². The number of halogens is 1. The Morgan fingerprint density at radius 3 is 2.54 bits per heavy atom. The highest BCUT2D eigenvalue weighted by Gasteiger charge is 2.25. The summed E-state index contributed by atoms with van der Waals surface area (Å²) in [6.45, 7) is 2.24. The van der Waals surface area contributed by atoms with Gasteiger partial charge in [0.1, 0.15) is 16.6 Å². The third kappa shape index (κ3) is 5.09. The van der Waals surface area contributed by atoms with Crippen LogP contribution in [0.3, 0.4) is 0 Å². The van der Waals surface area contributed by atoms with Gasteiger partial charge in [-0.25, -0.2) is 9.18 Å². The van der Waals surface area contributed by atoms with E-state index in [1.54, 1.807) is 30.3 Å². The topological polar surface area (TPSA) is 115 Å². The van der Waals surface area contributed by atoms with Crippen LogP contribution in [0.2, 0.25) is 0 Å². The highest BCUT2D eigenvalue weighted by atomic mass is 32.1. The molecule has 0 spiro atoms. The number of rotatable bonds is 9. The number of nitrogens with zero attached hydrogens (tertiary/aromatic N) is 4. The quantitative estimate of drug-likeness (QED) is 0.192. The maximum atomic E-state index is 14.7. The lowest BCUT2D eigenvalue weighted by Crippen LogP contribution is -2.14. The smallest absolute Gasteiger partial charge is 0.336 e. The average molecular weight is 535 g/mol. The van der Waals surface area contributed by atoms with Crippen LogP contribution in [0.15, 0.2) is 60.2 Å². The molecule has 11 heteroatoms. The molecule has 0 radical (unpaired) electrons. The minimum absolute atomic E-state index is 0.00261. The first-order valence-electron chi connectivity index (χ1n) is 11.3. The molecule has 2 heterocycles. The molecule has 37 heavy (non-hydrogen) atoms. The molecule has 0 atom stereocenters. The molecule has 0 bridgehead atoms. The first-order valence-corrected chi connectivity index (χ1v) is 12.8. The molecular formula is C26H19FN4O4S2. The molecule has 3 aromatic carbocycles. The molecular weight excluding hydrogens is 515 g/mol. The Kier molecular flexibility index (Phi) is 6.97. The van der Waals surface area contributed by atoms with Crippen LogP contribution < -0.4 is 4.74 Å². The van der Waals surface area contributed by atoms with E-state index in [4.69, 9.17) is 4.74 Å². The summed E-state index contributed by atoms with van der Waals surface area (Å²) in [6.07, 6.45) is 0.699. The van der Waals surface area contributed by atoms with Gasteiger partial charge in [0.2, 0.25) is 0 Å². The maximum absolute atomic E-state index is 14.7. The summed E-state index contributed by atoms with van der Waals surface area (Å²) in [4.78, 5) is 26.4. The van der Waals surface area contributed by atoms with Gasteiger partial charge in [-0.15, -0.1) is 5.10 Å². The van der Waals surface area contributed by atoms with Crippen LogP contribution in [0, 0.1) is 5.82 Å². The monoisotopic (exact) mass is 534 g/mol. The van der Waals surface area contributed by atoms with Crippen molar-refractivity contribution in [3.05, 3.63) is 82.7 Å². The molecule has 5 aromatic rings. The number of ether oxygens (including phenoxy) is 1. The van der Waals surface area contributed by atoms with Gasteiger partial charge in [0.15, 0.2) is 17.3 Å². The number of hydrogen-bond donors (Lipinski definition) is 1. The van der Waals surface area contributed by atoms with Crippen molar-refractivity contribution in [3.63, 3.8) is 0 Å². The lowest BCUT2D eigenvalue weighted by Gasteiger charge is -2.14. The number of carbonyl (C=O) groups excluding carboxylic acids is 1. The van der Waals surface area contributed by atoms with Crippen LogP contribution in [0.1, 0.15) is 34.8 Å². The number of carboxylic acids is 1. The van der Waals surface area contributed by atoms with Crippen LogP contribution in [-0.4, -0.2) is 41.8 Å². The van der Waals surface area contributed by atoms with Crippen LogP contribution in [0.5, 0.6) is 5.75 Å². The Labute approximate surface area is 218 Å². The van der Waals surface area contributed by atoms with E-state index in [-0.39, 0.29) is 28.9 Å². The first-order chi connectivity index (χ1) is 17.9. The van der Waals surface area contributed by atoms with Crippen LogP contribution in [-0.2, 0) is 11.2 Å². The molecule has 0 fully saturated rings. The van der Waals surface area contributed by atoms with Gasteiger partial charge in [0, 0.05) is 17.6 Å². The fourth-order valence-corrected chi connectivity index (χ4v) is 5.07. The Morgan fingerprint density at radius 2 is 1.76 bits per heavy atom. The average Bonchev–Trinajstić information content (AvgIpc) is 3.55. The van der Waals surface area contributed by atoms with E-state index in [0.717, 1.165) is 22.5 Å². The minimum Gasteiger partial charge on any atom is -0.491 e. The zero-order valence-corrected chi connectivity index (χ0v) is 21.1. The van der Waals surface area contributed by atoms with E-state index in [9.17, 15) is 19.1 Å². The third-order valence-electron chi connectivity index (χ3n) is 5.68. The van der Waals surface area contributed by atoms with Gasteiger partial charge in [-0.05, 0) is 71.5 Å². The van der Waals surface area contributed by atoms with Crippen LogP contribution in [0.4, 0.5) is 4.39 Å². The number of carboxylic acid groups (broad SMARTS) is 1. The van der Waals surface area contributed by atoms with Crippen molar-refractivity contribution in [2.75, 3.05) is 6.61 Å². The van der Waals surface area contributed by atoms with Crippen molar-refractivity contribution in [1.29, 1.82) is 0 Å². The number of fused-ring (bicyclic) bond motifs is 2. The molecule has 8 nitrogen and oxygen atoms in total. The number of aromatic nitrogens is 4. The number of allylic oxidation sites excluding steroid dienone is 1. The lowest BCUT2D eigenvalue weighted by atomic mass is 9.89. The van der Waals surface area contributed by atoms with Crippen molar-refractivity contribution >= 4 is 61.8 Å². The molecule has 2 aromatic heterocycles. The van der Waals surface area contributed by atoms with Gasteiger partial charge < -0.3 is 9.84 Å². The molecule has 5 rings (SSSR count).